The summed E-state index contributed by atoms with van der Waals surface area (Å²) >= 11 is 0. The first-order valence-electron chi connectivity index (χ1n) is 8.78. The van der Waals surface area contributed by atoms with Crippen LogP contribution in [0.5, 0.6) is 0 Å². The maximum Gasteiger partial charge on any atom is 0.251 e. The van der Waals surface area contributed by atoms with Crippen LogP contribution in [0.1, 0.15) is 61.3 Å². The summed E-state index contributed by atoms with van der Waals surface area (Å²) in [4.78, 5) is 12.1. The minimum absolute atomic E-state index is 0.302. The molecule has 0 radical (unpaired) electrons. The van der Waals surface area contributed by atoms with Crippen molar-refractivity contribution in [2.45, 2.75) is 59.4 Å². The van der Waals surface area contributed by atoms with Crippen LogP contribution in [0.4, 0.5) is 4.39 Å². The fourth-order valence-corrected chi connectivity index (χ4v) is 3.38. The third-order valence-corrected chi connectivity index (χ3v) is 4.46. The summed E-state index contributed by atoms with van der Waals surface area (Å²) in [5.74, 6) is -0.748. The molecule has 24 heavy (non-hydrogen) atoms. The highest BCUT2D eigenvalue weighted by atomic mass is 19.1. The van der Waals surface area contributed by atoms with E-state index in [1.165, 1.54) is 12.1 Å². The van der Waals surface area contributed by atoms with Gasteiger partial charge in [0.2, 0.25) is 0 Å². The number of hydrogen-bond acceptors (Lipinski definition) is 1. The molecule has 0 aliphatic carbocycles. The van der Waals surface area contributed by atoms with Crippen molar-refractivity contribution < 1.29 is 9.18 Å². The van der Waals surface area contributed by atoms with Crippen molar-refractivity contribution >= 4 is 5.91 Å². The Bertz CT molecular complexity index is 719. The summed E-state index contributed by atoms with van der Waals surface area (Å²) in [6, 6.07) is 6.43. The second-order valence-corrected chi connectivity index (χ2v) is 6.27. The van der Waals surface area contributed by atoms with E-state index in [2.05, 4.69) is 18.4 Å². The van der Waals surface area contributed by atoms with E-state index in [1.807, 2.05) is 13.0 Å². The van der Waals surface area contributed by atoms with Crippen LogP contribution in [0, 0.1) is 12.7 Å². The van der Waals surface area contributed by atoms with Gasteiger partial charge in [-0.3, -0.25) is 4.79 Å². The predicted octanol–water partition coefficient (Wildman–Crippen LogP) is 4.84. The topological polar surface area (TPSA) is 48.0 Å². The number of nitrogens with two attached hydrogens (primary N) is 1. The standard InChI is InChI=1S/C20H27FN2O/c1-4-6-7-11-17-19(15-9-8-10-16(21)13-15)18(20(22)24)14(3)23(17)12-5-2/h8-10,13H,4-7,11-12H2,1-3H3,(H2,22,24). The average Bonchev–Trinajstić information content (AvgIpc) is 2.81. The Balaban J connectivity index is 2.67. The maximum atomic E-state index is 13.8. The number of unbranched alkanes of at least 4 members (excludes halogenated alkanes) is 2. The van der Waals surface area contributed by atoms with Crippen LogP contribution in [0.3, 0.4) is 0 Å². The van der Waals surface area contributed by atoms with Crippen LogP contribution < -0.4 is 5.73 Å². The highest BCUT2D eigenvalue weighted by Crippen LogP contribution is 2.34. The first-order chi connectivity index (χ1) is 11.5. The Labute approximate surface area is 143 Å². The summed E-state index contributed by atoms with van der Waals surface area (Å²) in [5, 5.41) is 0. The normalized spacial score (nSPS) is 11.0. The van der Waals surface area contributed by atoms with Gasteiger partial charge >= 0.3 is 0 Å². The summed E-state index contributed by atoms with van der Waals surface area (Å²) in [6.07, 6.45) is 5.14. The quantitative estimate of drug-likeness (QED) is 0.691. The molecule has 0 saturated carbocycles. The van der Waals surface area contributed by atoms with Gasteiger partial charge in [-0.05, 0) is 43.9 Å². The zero-order valence-electron chi connectivity index (χ0n) is 14.9. The Kier molecular flexibility index (Phi) is 6.18. The number of halogens is 1. The number of carbonyl (C=O) groups excluding carboxylic acids is 1. The third kappa shape index (κ3) is 3.69. The lowest BCUT2D eigenvalue weighted by molar-refractivity contribution is 0.1000. The van der Waals surface area contributed by atoms with Gasteiger partial charge in [0.05, 0.1) is 5.56 Å². The highest BCUT2D eigenvalue weighted by Gasteiger charge is 2.24. The molecule has 0 aliphatic heterocycles. The van der Waals surface area contributed by atoms with Gasteiger partial charge in [0.15, 0.2) is 0 Å². The molecule has 2 N–H and O–H groups in total. The van der Waals surface area contributed by atoms with Gasteiger partial charge in [-0.25, -0.2) is 4.39 Å². The molecule has 0 saturated heterocycles. The summed E-state index contributed by atoms with van der Waals surface area (Å²) in [5.41, 5.74) is 9.73. The molecule has 2 aromatic rings. The van der Waals surface area contributed by atoms with E-state index >= 15 is 0 Å². The van der Waals surface area contributed by atoms with Crippen molar-refractivity contribution in [1.82, 2.24) is 4.57 Å². The highest BCUT2D eigenvalue weighted by molar-refractivity contribution is 6.02. The fourth-order valence-electron chi connectivity index (χ4n) is 3.38. The molecule has 0 spiro atoms. The van der Waals surface area contributed by atoms with E-state index in [0.29, 0.717) is 5.56 Å². The summed E-state index contributed by atoms with van der Waals surface area (Å²) in [7, 11) is 0. The number of amides is 1. The van der Waals surface area contributed by atoms with Crippen LogP contribution >= 0.6 is 0 Å². The Morgan fingerprint density at radius 2 is 1.96 bits per heavy atom. The number of benzene rings is 1. The first-order valence-corrected chi connectivity index (χ1v) is 8.78. The van der Waals surface area contributed by atoms with E-state index in [0.717, 1.165) is 61.2 Å². The van der Waals surface area contributed by atoms with Gasteiger partial charge in [0, 0.05) is 23.5 Å². The molecule has 0 unspecified atom stereocenters. The van der Waals surface area contributed by atoms with Gasteiger partial charge < -0.3 is 10.3 Å². The van der Waals surface area contributed by atoms with Crippen molar-refractivity contribution in [3.05, 3.63) is 47.0 Å². The first kappa shape index (κ1) is 18.2. The second-order valence-electron chi connectivity index (χ2n) is 6.27. The maximum absolute atomic E-state index is 13.8. The van der Waals surface area contributed by atoms with Crippen LogP contribution in [-0.4, -0.2) is 10.5 Å². The van der Waals surface area contributed by atoms with Crippen LogP contribution in [0.25, 0.3) is 11.1 Å². The largest absolute Gasteiger partial charge is 0.366 e. The number of aromatic nitrogens is 1. The van der Waals surface area contributed by atoms with Crippen LogP contribution in [0.2, 0.25) is 0 Å². The number of nitrogens with zero attached hydrogens (tertiary/aromatic N) is 1. The van der Waals surface area contributed by atoms with Crippen molar-refractivity contribution in [2.75, 3.05) is 0 Å². The lowest BCUT2D eigenvalue weighted by atomic mass is 9.97. The second kappa shape index (κ2) is 8.13. The third-order valence-electron chi connectivity index (χ3n) is 4.46. The van der Waals surface area contributed by atoms with Crippen molar-refractivity contribution in [3.63, 3.8) is 0 Å². The van der Waals surface area contributed by atoms with E-state index in [4.69, 9.17) is 5.73 Å². The smallest absolute Gasteiger partial charge is 0.251 e. The lowest BCUT2D eigenvalue weighted by Gasteiger charge is -2.12. The SMILES string of the molecule is CCCCCc1c(-c2cccc(F)c2)c(C(N)=O)c(C)n1CCC. The summed E-state index contributed by atoms with van der Waals surface area (Å²) in [6.45, 7) is 7.05. The number of carbonyl (C=O) groups is 1. The zero-order valence-corrected chi connectivity index (χ0v) is 14.9. The van der Waals surface area contributed by atoms with Gasteiger partial charge in [-0.1, -0.05) is 38.8 Å². The molecule has 1 aromatic carbocycles. The Morgan fingerprint density at radius 1 is 1.21 bits per heavy atom. The molecule has 0 aliphatic rings. The van der Waals surface area contributed by atoms with Gasteiger partial charge in [0.1, 0.15) is 5.82 Å². The molecule has 0 bridgehead atoms. The molecule has 1 aromatic heterocycles. The van der Waals surface area contributed by atoms with E-state index in [1.54, 1.807) is 6.07 Å². The van der Waals surface area contributed by atoms with Crippen LogP contribution in [-0.2, 0) is 13.0 Å². The molecular formula is C20H27FN2O. The fraction of sp³-hybridized carbons (Fsp3) is 0.450. The molecule has 1 heterocycles. The lowest BCUT2D eigenvalue weighted by Crippen LogP contribution is -2.13. The molecule has 2 rings (SSSR count). The monoisotopic (exact) mass is 330 g/mol. The number of rotatable bonds is 8. The minimum Gasteiger partial charge on any atom is -0.366 e. The van der Waals surface area contributed by atoms with Crippen LogP contribution in [0.15, 0.2) is 24.3 Å². The number of primary amides is 1. The Hall–Kier alpha value is -2.10. The zero-order chi connectivity index (χ0) is 17.7. The predicted molar refractivity (Wildman–Crippen MR) is 96.6 cm³/mol. The van der Waals surface area contributed by atoms with Gasteiger partial charge in [0.25, 0.3) is 5.91 Å². The molecule has 130 valence electrons. The van der Waals surface area contributed by atoms with Gasteiger partial charge in [-0.2, -0.15) is 0 Å². The van der Waals surface area contributed by atoms with Crippen molar-refractivity contribution in [3.8, 4) is 11.1 Å². The minimum atomic E-state index is -0.446. The average molecular weight is 330 g/mol. The molecule has 4 heteroatoms. The molecule has 1 amide bonds. The molecule has 0 atom stereocenters. The Morgan fingerprint density at radius 3 is 2.54 bits per heavy atom. The van der Waals surface area contributed by atoms with Crippen molar-refractivity contribution in [1.29, 1.82) is 0 Å². The number of hydrogen-bond donors (Lipinski definition) is 1. The molecule has 3 nitrogen and oxygen atoms in total. The molecular weight excluding hydrogens is 303 g/mol. The van der Waals surface area contributed by atoms with Gasteiger partial charge in [-0.15, -0.1) is 0 Å². The van der Waals surface area contributed by atoms with E-state index < -0.39 is 5.91 Å². The molecule has 0 fully saturated rings. The van der Waals surface area contributed by atoms with E-state index in [9.17, 15) is 9.18 Å². The summed E-state index contributed by atoms with van der Waals surface area (Å²) < 4.78 is 15.9. The van der Waals surface area contributed by atoms with Crippen molar-refractivity contribution in [2.24, 2.45) is 5.73 Å². The van der Waals surface area contributed by atoms with E-state index in [-0.39, 0.29) is 5.82 Å².